The van der Waals surface area contributed by atoms with E-state index in [0.717, 1.165) is 27.5 Å². The first-order valence-electron chi connectivity index (χ1n) is 6.36. The molecule has 3 aromatic rings. The molecule has 102 valence electrons. The van der Waals surface area contributed by atoms with Crippen LogP contribution in [0, 0.1) is 6.92 Å². The fourth-order valence-corrected chi connectivity index (χ4v) is 2.59. The maximum Gasteiger partial charge on any atom is 0.180 e. The zero-order valence-corrected chi connectivity index (χ0v) is 11.8. The van der Waals surface area contributed by atoms with Crippen LogP contribution in [0.5, 0.6) is 0 Å². The van der Waals surface area contributed by atoms with Crippen molar-refractivity contribution in [3.63, 3.8) is 0 Å². The average Bonchev–Trinajstić information content (AvgIpc) is 3.11. The maximum absolute atomic E-state index is 6.47. The number of rotatable bonds is 4. The summed E-state index contributed by atoms with van der Waals surface area (Å²) in [7, 11) is 0. The van der Waals surface area contributed by atoms with Gasteiger partial charge < -0.3 is 9.40 Å². The number of oxazole rings is 1. The molecule has 1 unspecified atom stereocenters. The molecule has 0 aliphatic rings. The SMILES string of the molecule is Cc1cccc(C(Cc2cocn2)c2cnc[nH]2)c1Cl. The summed E-state index contributed by atoms with van der Waals surface area (Å²) < 4.78 is 5.05. The van der Waals surface area contributed by atoms with Gasteiger partial charge in [-0.15, -0.1) is 0 Å². The number of imidazole rings is 1. The van der Waals surface area contributed by atoms with Crippen molar-refractivity contribution in [3.05, 3.63) is 70.9 Å². The van der Waals surface area contributed by atoms with Crippen LogP contribution in [0.1, 0.15) is 28.4 Å². The average molecular weight is 288 g/mol. The number of aromatic amines is 1. The molecule has 0 spiro atoms. The number of aromatic nitrogens is 3. The van der Waals surface area contributed by atoms with Gasteiger partial charge in [-0.3, -0.25) is 0 Å². The lowest BCUT2D eigenvalue weighted by atomic mass is 9.90. The van der Waals surface area contributed by atoms with E-state index in [9.17, 15) is 0 Å². The Morgan fingerprint density at radius 1 is 1.40 bits per heavy atom. The van der Waals surface area contributed by atoms with E-state index in [1.165, 1.54) is 6.39 Å². The number of benzene rings is 1. The summed E-state index contributed by atoms with van der Waals surface area (Å²) in [6, 6.07) is 6.07. The highest BCUT2D eigenvalue weighted by atomic mass is 35.5. The standard InChI is InChI=1S/C15H14ClN3O/c1-10-3-2-4-12(15(10)16)13(14-6-17-8-18-14)5-11-7-20-9-19-11/h2-4,6-9,13H,5H2,1H3,(H,17,18). The van der Waals surface area contributed by atoms with E-state index >= 15 is 0 Å². The van der Waals surface area contributed by atoms with Gasteiger partial charge >= 0.3 is 0 Å². The van der Waals surface area contributed by atoms with Gasteiger partial charge in [0, 0.05) is 29.3 Å². The van der Waals surface area contributed by atoms with Crippen LogP contribution < -0.4 is 0 Å². The number of hydrogen-bond donors (Lipinski definition) is 1. The molecular weight excluding hydrogens is 274 g/mol. The topological polar surface area (TPSA) is 54.7 Å². The van der Waals surface area contributed by atoms with Crippen LogP contribution in [0.3, 0.4) is 0 Å². The fraction of sp³-hybridized carbons (Fsp3) is 0.200. The summed E-state index contributed by atoms with van der Waals surface area (Å²) in [6.45, 7) is 2.01. The summed E-state index contributed by atoms with van der Waals surface area (Å²) >= 11 is 6.47. The second-order valence-corrected chi connectivity index (χ2v) is 5.10. The normalized spacial score (nSPS) is 12.5. The van der Waals surface area contributed by atoms with Crippen LogP contribution in [0.4, 0.5) is 0 Å². The van der Waals surface area contributed by atoms with Crippen LogP contribution in [-0.4, -0.2) is 15.0 Å². The molecule has 5 heteroatoms. The Labute approximate surface area is 121 Å². The molecule has 0 amide bonds. The van der Waals surface area contributed by atoms with Crippen molar-refractivity contribution >= 4 is 11.6 Å². The number of H-pyrrole nitrogens is 1. The number of nitrogens with zero attached hydrogens (tertiary/aromatic N) is 2. The molecule has 0 aliphatic carbocycles. The van der Waals surface area contributed by atoms with E-state index in [0.29, 0.717) is 6.42 Å². The van der Waals surface area contributed by atoms with E-state index < -0.39 is 0 Å². The van der Waals surface area contributed by atoms with Gasteiger partial charge in [0.25, 0.3) is 0 Å². The van der Waals surface area contributed by atoms with Crippen LogP contribution in [0.25, 0.3) is 0 Å². The molecule has 0 saturated heterocycles. The molecular formula is C15H14ClN3O. The smallest absolute Gasteiger partial charge is 0.180 e. The molecule has 0 radical (unpaired) electrons. The van der Waals surface area contributed by atoms with Crippen LogP contribution in [0.15, 0.2) is 47.8 Å². The number of nitrogens with one attached hydrogen (secondary N) is 1. The predicted molar refractivity (Wildman–Crippen MR) is 76.8 cm³/mol. The quantitative estimate of drug-likeness (QED) is 0.795. The van der Waals surface area contributed by atoms with Gasteiger partial charge in [-0.05, 0) is 18.1 Å². The second-order valence-electron chi connectivity index (χ2n) is 4.72. The van der Waals surface area contributed by atoms with E-state index in [-0.39, 0.29) is 5.92 Å². The van der Waals surface area contributed by atoms with Gasteiger partial charge in [0.1, 0.15) is 6.26 Å². The minimum Gasteiger partial charge on any atom is -0.451 e. The zero-order valence-electron chi connectivity index (χ0n) is 11.0. The third-order valence-corrected chi connectivity index (χ3v) is 3.90. The number of hydrogen-bond acceptors (Lipinski definition) is 3. The van der Waals surface area contributed by atoms with Gasteiger partial charge in [-0.25, -0.2) is 9.97 Å². The monoisotopic (exact) mass is 287 g/mol. The van der Waals surface area contributed by atoms with Gasteiger partial charge in [-0.1, -0.05) is 29.8 Å². The number of halogens is 1. The summed E-state index contributed by atoms with van der Waals surface area (Å²) in [6.07, 6.45) is 7.31. The maximum atomic E-state index is 6.47. The van der Waals surface area contributed by atoms with E-state index in [1.54, 1.807) is 12.6 Å². The first-order chi connectivity index (χ1) is 9.75. The van der Waals surface area contributed by atoms with Gasteiger partial charge in [-0.2, -0.15) is 0 Å². The molecule has 0 bridgehead atoms. The molecule has 0 fully saturated rings. The van der Waals surface area contributed by atoms with E-state index in [1.807, 2.05) is 31.3 Å². The summed E-state index contributed by atoms with van der Waals surface area (Å²) in [5.74, 6) is 0.0787. The van der Waals surface area contributed by atoms with Crippen molar-refractivity contribution < 1.29 is 4.42 Å². The molecule has 1 aromatic carbocycles. The van der Waals surface area contributed by atoms with E-state index in [2.05, 4.69) is 15.0 Å². The zero-order chi connectivity index (χ0) is 13.9. The molecule has 1 atom stereocenters. The van der Waals surface area contributed by atoms with Crippen molar-refractivity contribution in [1.82, 2.24) is 15.0 Å². The molecule has 0 saturated carbocycles. The third-order valence-electron chi connectivity index (χ3n) is 3.39. The highest BCUT2D eigenvalue weighted by Crippen LogP contribution is 2.33. The van der Waals surface area contributed by atoms with Gasteiger partial charge in [0.15, 0.2) is 6.39 Å². The predicted octanol–water partition coefficient (Wildman–Crippen LogP) is 3.73. The lowest BCUT2D eigenvalue weighted by Crippen LogP contribution is -2.07. The highest BCUT2D eigenvalue weighted by molar-refractivity contribution is 6.32. The van der Waals surface area contributed by atoms with Gasteiger partial charge in [0.2, 0.25) is 0 Å². The van der Waals surface area contributed by atoms with Crippen LogP contribution in [-0.2, 0) is 6.42 Å². The Morgan fingerprint density at radius 3 is 3.00 bits per heavy atom. The molecule has 0 aliphatic heterocycles. The Hall–Kier alpha value is -2.07. The molecule has 4 nitrogen and oxygen atoms in total. The Bertz CT molecular complexity index is 677. The van der Waals surface area contributed by atoms with Crippen LogP contribution >= 0.6 is 11.6 Å². The molecule has 2 aromatic heterocycles. The molecule has 3 rings (SSSR count). The minimum absolute atomic E-state index is 0.0787. The molecule has 2 heterocycles. The summed E-state index contributed by atoms with van der Waals surface area (Å²) in [5.41, 5.74) is 4.04. The molecule has 1 N–H and O–H groups in total. The summed E-state index contributed by atoms with van der Waals surface area (Å²) in [5, 5.41) is 0.788. The fourth-order valence-electron chi connectivity index (χ4n) is 2.33. The Kier molecular flexibility index (Phi) is 3.56. The lowest BCUT2D eigenvalue weighted by molar-refractivity contribution is 0.555. The largest absolute Gasteiger partial charge is 0.451 e. The lowest BCUT2D eigenvalue weighted by Gasteiger charge is -2.17. The van der Waals surface area contributed by atoms with Crippen molar-refractivity contribution in [2.45, 2.75) is 19.3 Å². The molecule has 20 heavy (non-hydrogen) atoms. The summed E-state index contributed by atoms with van der Waals surface area (Å²) in [4.78, 5) is 11.5. The van der Waals surface area contributed by atoms with Crippen molar-refractivity contribution in [1.29, 1.82) is 0 Å². The first kappa shape index (κ1) is 12.9. The van der Waals surface area contributed by atoms with Crippen molar-refractivity contribution in [2.75, 3.05) is 0 Å². The number of aryl methyl sites for hydroxylation is 1. The first-order valence-corrected chi connectivity index (χ1v) is 6.74. The van der Waals surface area contributed by atoms with E-state index in [4.69, 9.17) is 16.0 Å². The third kappa shape index (κ3) is 2.47. The van der Waals surface area contributed by atoms with Crippen molar-refractivity contribution in [2.24, 2.45) is 0 Å². The van der Waals surface area contributed by atoms with Crippen molar-refractivity contribution in [3.8, 4) is 0 Å². The van der Waals surface area contributed by atoms with Gasteiger partial charge in [0.05, 0.1) is 12.0 Å². The Balaban J connectivity index is 2.03. The second kappa shape index (κ2) is 5.51. The highest BCUT2D eigenvalue weighted by Gasteiger charge is 2.20. The minimum atomic E-state index is 0.0787. The van der Waals surface area contributed by atoms with Crippen LogP contribution in [0.2, 0.25) is 5.02 Å². The Morgan fingerprint density at radius 2 is 2.30 bits per heavy atom.